The Balaban J connectivity index is 2.09. The molecular weight excluding hydrogens is 266 g/mol. The molecule has 0 radical (unpaired) electrons. The Morgan fingerprint density at radius 3 is 1.81 bits per heavy atom. The number of carbonyl (C=O) groups excluding carboxylic acids is 3. The van der Waals surface area contributed by atoms with Crippen LogP contribution in [0.1, 0.15) is 39.2 Å². The molecule has 0 saturated carbocycles. The van der Waals surface area contributed by atoms with E-state index in [2.05, 4.69) is 0 Å². The van der Waals surface area contributed by atoms with Gasteiger partial charge >= 0.3 is 0 Å². The van der Waals surface area contributed by atoms with E-state index in [1.54, 1.807) is 48.5 Å². The van der Waals surface area contributed by atoms with Crippen LogP contribution in [-0.2, 0) is 4.79 Å². The SMILES string of the molecule is CC(=O)C(c1ccccc1)N1C(=O)c2ccccc2C1=O. The third kappa shape index (κ3) is 2.05. The summed E-state index contributed by atoms with van der Waals surface area (Å²) in [4.78, 5) is 38.0. The molecule has 0 saturated heterocycles. The van der Waals surface area contributed by atoms with Crippen molar-refractivity contribution in [3.63, 3.8) is 0 Å². The summed E-state index contributed by atoms with van der Waals surface area (Å²) in [5, 5.41) is 0. The minimum atomic E-state index is -0.876. The van der Waals surface area contributed by atoms with E-state index in [1.807, 2.05) is 6.07 Å². The number of imide groups is 1. The number of ketones is 1. The molecule has 0 fully saturated rings. The molecule has 2 amide bonds. The standard InChI is InChI=1S/C17H13NO3/c1-11(19)15(12-7-3-2-4-8-12)18-16(20)13-9-5-6-10-14(13)17(18)21/h2-10,15H,1H3. The van der Waals surface area contributed by atoms with E-state index in [9.17, 15) is 14.4 Å². The first-order valence-electron chi connectivity index (χ1n) is 6.63. The molecule has 4 nitrogen and oxygen atoms in total. The molecule has 21 heavy (non-hydrogen) atoms. The first-order chi connectivity index (χ1) is 10.1. The van der Waals surface area contributed by atoms with Gasteiger partial charge in [-0.1, -0.05) is 42.5 Å². The number of hydrogen-bond acceptors (Lipinski definition) is 3. The highest BCUT2D eigenvalue weighted by Gasteiger charge is 2.41. The number of benzene rings is 2. The van der Waals surface area contributed by atoms with Crippen LogP contribution in [0.4, 0.5) is 0 Å². The fourth-order valence-corrected chi connectivity index (χ4v) is 2.64. The van der Waals surface area contributed by atoms with E-state index >= 15 is 0 Å². The molecule has 2 aromatic carbocycles. The highest BCUT2D eigenvalue weighted by molar-refractivity contribution is 6.22. The summed E-state index contributed by atoms with van der Waals surface area (Å²) in [7, 11) is 0. The molecule has 0 spiro atoms. The molecule has 1 atom stereocenters. The van der Waals surface area contributed by atoms with Crippen molar-refractivity contribution in [3.05, 3.63) is 71.3 Å². The van der Waals surface area contributed by atoms with Crippen molar-refractivity contribution in [2.45, 2.75) is 13.0 Å². The fraction of sp³-hybridized carbons (Fsp3) is 0.118. The number of Topliss-reactive ketones (excluding diaryl/α,β-unsaturated/α-hetero) is 1. The Kier molecular flexibility index (Phi) is 3.14. The first kappa shape index (κ1) is 13.2. The number of hydrogen-bond donors (Lipinski definition) is 0. The van der Waals surface area contributed by atoms with Crippen LogP contribution in [0.25, 0.3) is 0 Å². The van der Waals surface area contributed by atoms with Crippen LogP contribution >= 0.6 is 0 Å². The normalized spacial score (nSPS) is 15.0. The third-order valence-electron chi connectivity index (χ3n) is 3.58. The van der Waals surface area contributed by atoms with Gasteiger partial charge in [0.1, 0.15) is 6.04 Å². The van der Waals surface area contributed by atoms with E-state index in [0.29, 0.717) is 16.7 Å². The predicted octanol–water partition coefficient (Wildman–Crippen LogP) is 2.61. The lowest BCUT2D eigenvalue weighted by atomic mass is 10.0. The van der Waals surface area contributed by atoms with Gasteiger partial charge in [0, 0.05) is 0 Å². The van der Waals surface area contributed by atoms with Crippen molar-refractivity contribution in [1.29, 1.82) is 0 Å². The molecule has 3 rings (SSSR count). The zero-order valence-electron chi connectivity index (χ0n) is 11.4. The van der Waals surface area contributed by atoms with Gasteiger partial charge in [-0.15, -0.1) is 0 Å². The van der Waals surface area contributed by atoms with Crippen LogP contribution in [0.15, 0.2) is 54.6 Å². The number of fused-ring (bicyclic) bond motifs is 1. The Labute approximate surface area is 122 Å². The second kappa shape index (κ2) is 4.98. The van der Waals surface area contributed by atoms with E-state index in [1.165, 1.54) is 6.92 Å². The van der Waals surface area contributed by atoms with Crippen molar-refractivity contribution < 1.29 is 14.4 Å². The van der Waals surface area contributed by atoms with Crippen LogP contribution in [0, 0.1) is 0 Å². The average Bonchev–Trinajstić information content (AvgIpc) is 2.74. The highest BCUT2D eigenvalue weighted by Crippen LogP contribution is 2.31. The second-order valence-electron chi connectivity index (χ2n) is 4.95. The minimum absolute atomic E-state index is 0.240. The smallest absolute Gasteiger partial charge is 0.262 e. The largest absolute Gasteiger partial charge is 0.297 e. The van der Waals surface area contributed by atoms with Crippen LogP contribution in [0.3, 0.4) is 0 Å². The molecule has 1 heterocycles. The van der Waals surface area contributed by atoms with Gasteiger partial charge in [0.05, 0.1) is 11.1 Å². The summed E-state index contributed by atoms with van der Waals surface area (Å²) in [6.45, 7) is 1.39. The zero-order valence-corrected chi connectivity index (χ0v) is 11.4. The van der Waals surface area contributed by atoms with Gasteiger partial charge in [-0.2, -0.15) is 0 Å². The van der Waals surface area contributed by atoms with Gasteiger partial charge in [0.2, 0.25) is 0 Å². The number of carbonyl (C=O) groups is 3. The van der Waals surface area contributed by atoms with E-state index in [-0.39, 0.29) is 5.78 Å². The lowest BCUT2D eigenvalue weighted by Gasteiger charge is -2.24. The number of rotatable bonds is 3. The highest BCUT2D eigenvalue weighted by atomic mass is 16.2. The summed E-state index contributed by atoms with van der Waals surface area (Å²) >= 11 is 0. The van der Waals surface area contributed by atoms with Crippen LogP contribution in [0.2, 0.25) is 0 Å². The van der Waals surface area contributed by atoms with Gasteiger partial charge < -0.3 is 0 Å². The zero-order chi connectivity index (χ0) is 15.0. The molecule has 0 aromatic heterocycles. The molecule has 0 N–H and O–H groups in total. The van der Waals surface area contributed by atoms with Crippen molar-refractivity contribution in [2.75, 3.05) is 0 Å². The molecule has 1 aliphatic rings. The van der Waals surface area contributed by atoms with E-state index in [0.717, 1.165) is 4.90 Å². The molecule has 1 unspecified atom stereocenters. The molecule has 1 aliphatic heterocycles. The Morgan fingerprint density at radius 2 is 1.33 bits per heavy atom. The number of amides is 2. The van der Waals surface area contributed by atoms with E-state index in [4.69, 9.17) is 0 Å². The van der Waals surface area contributed by atoms with Gasteiger partial charge in [0.25, 0.3) is 11.8 Å². The molecular formula is C17H13NO3. The maximum atomic E-state index is 12.5. The second-order valence-corrected chi connectivity index (χ2v) is 4.95. The molecule has 2 aromatic rings. The Morgan fingerprint density at radius 1 is 0.857 bits per heavy atom. The Bertz CT molecular complexity index is 702. The average molecular weight is 279 g/mol. The minimum Gasteiger partial charge on any atom is -0.297 e. The van der Waals surface area contributed by atoms with Crippen LogP contribution in [0.5, 0.6) is 0 Å². The first-order valence-corrected chi connectivity index (χ1v) is 6.63. The van der Waals surface area contributed by atoms with Gasteiger partial charge in [-0.05, 0) is 24.6 Å². The third-order valence-corrected chi connectivity index (χ3v) is 3.58. The quantitative estimate of drug-likeness (QED) is 0.811. The molecule has 0 bridgehead atoms. The monoisotopic (exact) mass is 279 g/mol. The molecule has 4 heteroatoms. The van der Waals surface area contributed by atoms with E-state index < -0.39 is 17.9 Å². The lowest BCUT2D eigenvalue weighted by molar-refractivity contribution is -0.121. The summed E-state index contributed by atoms with van der Waals surface area (Å²) in [6, 6.07) is 14.6. The topological polar surface area (TPSA) is 54.5 Å². The summed E-state index contributed by atoms with van der Waals surface area (Å²) < 4.78 is 0. The summed E-state index contributed by atoms with van der Waals surface area (Å²) in [5.41, 5.74) is 1.34. The number of nitrogens with zero attached hydrogens (tertiary/aromatic N) is 1. The van der Waals surface area contributed by atoms with Crippen molar-refractivity contribution in [2.24, 2.45) is 0 Å². The molecule has 104 valence electrons. The van der Waals surface area contributed by atoms with Crippen LogP contribution < -0.4 is 0 Å². The van der Waals surface area contributed by atoms with Crippen molar-refractivity contribution in [1.82, 2.24) is 4.90 Å². The van der Waals surface area contributed by atoms with Gasteiger partial charge in [-0.3, -0.25) is 19.3 Å². The lowest BCUT2D eigenvalue weighted by Crippen LogP contribution is -2.37. The predicted molar refractivity (Wildman–Crippen MR) is 76.8 cm³/mol. The van der Waals surface area contributed by atoms with Gasteiger partial charge in [-0.25, -0.2) is 0 Å². The van der Waals surface area contributed by atoms with Crippen molar-refractivity contribution >= 4 is 17.6 Å². The van der Waals surface area contributed by atoms with Crippen molar-refractivity contribution in [3.8, 4) is 0 Å². The maximum absolute atomic E-state index is 12.5. The molecule has 0 aliphatic carbocycles. The maximum Gasteiger partial charge on any atom is 0.262 e. The fourth-order valence-electron chi connectivity index (χ4n) is 2.64. The summed E-state index contributed by atoms with van der Waals surface area (Å²) in [5.74, 6) is -1.07. The summed E-state index contributed by atoms with van der Waals surface area (Å²) in [6.07, 6.45) is 0. The Hall–Kier alpha value is -2.75. The van der Waals surface area contributed by atoms with Crippen LogP contribution in [-0.4, -0.2) is 22.5 Å². The van der Waals surface area contributed by atoms with Gasteiger partial charge in [0.15, 0.2) is 5.78 Å².